The van der Waals surface area contributed by atoms with E-state index in [9.17, 15) is 8.42 Å². The van der Waals surface area contributed by atoms with Gasteiger partial charge in [0.15, 0.2) is 0 Å². The van der Waals surface area contributed by atoms with E-state index in [1.807, 2.05) is 6.07 Å². The van der Waals surface area contributed by atoms with E-state index in [0.717, 1.165) is 11.8 Å². The Labute approximate surface area is 113 Å². The van der Waals surface area contributed by atoms with Gasteiger partial charge in [0.25, 0.3) is 0 Å². The molecular weight excluding hydrogens is 355 g/mol. The number of anilines is 1. The number of rotatable bonds is 2. The fourth-order valence-corrected chi connectivity index (χ4v) is 2.93. The Balaban J connectivity index is 2.86. The van der Waals surface area contributed by atoms with Gasteiger partial charge in [0.05, 0.1) is 11.0 Å². The Morgan fingerprint density at radius 3 is 2.65 bits per heavy atom. The second-order valence-electron chi connectivity index (χ2n) is 3.66. The van der Waals surface area contributed by atoms with Gasteiger partial charge >= 0.3 is 10.2 Å². The molecule has 1 heterocycles. The van der Waals surface area contributed by atoms with Crippen LogP contribution >= 0.6 is 22.6 Å². The molecule has 0 unspecified atom stereocenters. The lowest BCUT2D eigenvalue weighted by molar-refractivity contribution is 0.513. The topological polar surface area (TPSA) is 81.2 Å². The second-order valence-corrected chi connectivity index (χ2v) is 6.89. The zero-order chi connectivity index (χ0) is 12.8. The highest BCUT2D eigenvalue weighted by Gasteiger charge is 2.22. The van der Waals surface area contributed by atoms with E-state index < -0.39 is 10.2 Å². The summed E-state index contributed by atoms with van der Waals surface area (Å²) >= 11 is 2.11. The number of halogens is 1. The predicted octanol–water partition coefficient (Wildman–Crippen LogP) is 0.878. The molecule has 0 fully saturated rings. The number of hydrogen-bond donors (Lipinski definition) is 1. The third-order valence-electron chi connectivity index (χ3n) is 2.29. The molecule has 0 atom stereocenters. The van der Waals surface area contributed by atoms with Gasteiger partial charge in [-0.1, -0.05) is 0 Å². The normalized spacial score (nSPS) is 12.5. The molecular formula is C9H11IN4O2S. The van der Waals surface area contributed by atoms with Gasteiger partial charge in [-0.2, -0.15) is 16.7 Å². The van der Waals surface area contributed by atoms with Crippen LogP contribution in [0.5, 0.6) is 0 Å². The number of fused-ring (bicyclic) bond motifs is 1. The van der Waals surface area contributed by atoms with Crippen molar-refractivity contribution in [3.05, 3.63) is 21.8 Å². The molecule has 0 radical (unpaired) electrons. The molecule has 1 aromatic heterocycles. The average molecular weight is 366 g/mol. The van der Waals surface area contributed by atoms with E-state index in [4.69, 9.17) is 5.73 Å². The van der Waals surface area contributed by atoms with E-state index >= 15 is 0 Å². The Morgan fingerprint density at radius 2 is 2.06 bits per heavy atom. The third kappa shape index (κ3) is 2.00. The SMILES string of the molecule is CN(C)S(=O)(=O)n1c(N)nc2ccc(I)cc21. The van der Waals surface area contributed by atoms with Crippen molar-refractivity contribution in [1.29, 1.82) is 0 Å². The largest absolute Gasteiger partial charge is 0.368 e. The van der Waals surface area contributed by atoms with Crippen LogP contribution in [-0.4, -0.2) is 35.8 Å². The molecule has 0 aliphatic rings. The Kier molecular flexibility index (Phi) is 3.04. The van der Waals surface area contributed by atoms with Crippen LogP contribution in [0.25, 0.3) is 11.0 Å². The van der Waals surface area contributed by atoms with Crippen molar-refractivity contribution in [1.82, 2.24) is 13.3 Å². The monoisotopic (exact) mass is 366 g/mol. The minimum absolute atomic E-state index is 0.0318. The molecule has 2 N–H and O–H groups in total. The molecule has 92 valence electrons. The maximum atomic E-state index is 12.1. The smallest absolute Gasteiger partial charge is 0.310 e. The summed E-state index contributed by atoms with van der Waals surface area (Å²) in [5.74, 6) is -0.0318. The number of aromatic nitrogens is 2. The van der Waals surface area contributed by atoms with Crippen molar-refractivity contribution in [3.63, 3.8) is 0 Å². The first-order chi connectivity index (χ1) is 7.84. The summed E-state index contributed by atoms with van der Waals surface area (Å²) in [5, 5.41) is 0. The van der Waals surface area contributed by atoms with Crippen molar-refractivity contribution in [2.24, 2.45) is 0 Å². The Hall–Kier alpha value is -0.870. The van der Waals surface area contributed by atoms with E-state index in [-0.39, 0.29) is 5.95 Å². The Morgan fingerprint density at radius 1 is 1.41 bits per heavy atom. The van der Waals surface area contributed by atoms with Gasteiger partial charge in [-0.05, 0) is 40.8 Å². The zero-order valence-corrected chi connectivity index (χ0v) is 12.2. The number of nitrogens with two attached hydrogens (primary N) is 1. The summed E-state index contributed by atoms with van der Waals surface area (Å²) in [7, 11) is -0.743. The number of nitrogens with zero attached hydrogens (tertiary/aromatic N) is 3. The van der Waals surface area contributed by atoms with E-state index in [2.05, 4.69) is 27.6 Å². The van der Waals surface area contributed by atoms with Crippen molar-refractivity contribution >= 4 is 49.8 Å². The minimum Gasteiger partial charge on any atom is -0.368 e. The molecule has 0 saturated heterocycles. The van der Waals surface area contributed by atoms with Crippen LogP contribution < -0.4 is 5.73 Å². The summed E-state index contributed by atoms with van der Waals surface area (Å²) < 4.78 is 27.3. The maximum Gasteiger partial charge on any atom is 0.310 e. The highest BCUT2D eigenvalue weighted by molar-refractivity contribution is 14.1. The number of imidazole rings is 1. The van der Waals surface area contributed by atoms with Crippen molar-refractivity contribution in [3.8, 4) is 0 Å². The number of nitrogen functional groups attached to an aromatic ring is 1. The van der Waals surface area contributed by atoms with Crippen LogP contribution in [0.2, 0.25) is 0 Å². The highest BCUT2D eigenvalue weighted by atomic mass is 127. The quantitative estimate of drug-likeness (QED) is 0.801. The van der Waals surface area contributed by atoms with Crippen molar-refractivity contribution in [2.75, 3.05) is 19.8 Å². The second kappa shape index (κ2) is 4.10. The summed E-state index contributed by atoms with van der Waals surface area (Å²) in [5.41, 5.74) is 6.72. The molecule has 1 aromatic carbocycles. The molecule has 0 aliphatic carbocycles. The van der Waals surface area contributed by atoms with Gasteiger partial charge in [0.2, 0.25) is 5.95 Å². The van der Waals surface area contributed by atoms with Gasteiger partial charge in [-0.15, -0.1) is 0 Å². The molecule has 0 saturated carbocycles. The van der Waals surface area contributed by atoms with Crippen LogP contribution in [-0.2, 0) is 10.2 Å². The lowest BCUT2D eigenvalue weighted by atomic mass is 10.3. The number of benzene rings is 1. The van der Waals surface area contributed by atoms with Crippen molar-refractivity contribution in [2.45, 2.75) is 0 Å². The van der Waals surface area contributed by atoms with Crippen LogP contribution in [0.1, 0.15) is 0 Å². The summed E-state index contributed by atoms with van der Waals surface area (Å²) in [4.78, 5) is 4.03. The van der Waals surface area contributed by atoms with E-state index in [1.54, 1.807) is 12.1 Å². The van der Waals surface area contributed by atoms with Gasteiger partial charge in [-0.25, -0.2) is 4.98 Å². The molecule has 8 heteroatoms. The van der Waals surface area contributed by atoms with Crippen LogP contribution in [0.15, 0.2) is 18.2 Å². The first-order valence-corrected chi connectivity index (χ1v) is 7.18. The fourth-order valence-electron chi connectivity index (χ4n) is 1.45. The molecule has 6 nitrogen and oxygen atoms in total. The summed E-state index contributed by atoms with van der Waals surface area (Å²) in [6.07, 6.45) is 0. The van der Waals surface area contributed by atoms with Crippen LogP contribution in [0.3, 0.4) is 0 Å². The maximum absolute atomic E-state index is 12.1. The molecule has 0 aliphatic heterocycles. The van der Waals surface area contributed by atoms with E-state index in [0.29, 0.717) is 11.0 Å². The van der Waals surface area contributed by atoms with Crippen LogP contribution in [0, 0.1) is 3.57 Å². The van der Waals surface area contributed by atoms with Crippen molar-refractivity contribution < 1.29 is 8.42 Å². The third-order valence-corrected chi connectivity index (χ3v) is 4.73. The summed E-state index contributed by atoms with van der Waals surface area (Å²) in [6.45, 7) is 0. The molecule has 0 bridgehead atoms. The summed E-state index contributed by atoms with van der Waals surface area (Å²) in [6, 6.07) is 5.33. The van der Waals surface area contributed by atoms with Gasteiger partial charge in [0, 0.05) is 17.7 Å². The zero-order valence-electron chi connectivity index (χ0n) is 9.25. The first kappa shape index (κ1) is 12.6. The Bertz CT molecular complexity index is 678. The first-order valence-electron chi connectivity index (χ1n) is 4.70. The predicted molar refractivity (Wildman–Crippen MR) is 74.9 cm³/mol. The van der Waals surface area contributed by atoms with Gasteiger partial charge < -0.3 is 5.73 Å². The molecule has 2 aromatic rings. The number of hydrogen-bond acceptors (Lipinski definition) is 4. The lowest BCUT2D eigenvalue weighted by Gasteiger charge is -2.13. The average Bonchev–Trinajstić information content (AvgIpc) is 2.53. The van der Waals surface area contributed by atoms with Gasteiger partial charge in [-0.3, -0.25) is 0 Å². The van der Waals surface area contributed by atoms with Gasteiger partial charge in [0.1, 0.15) is 0 Å². The molecule has 2 rings (SSSR count). The molecule has 17 heavy (non-hydrogen) atoms. The molecule has 0 amide bonds. The van der Waals surface area contributed by atoms with E-state index in [1.165, 1.54) is 14.1 Å². The highest BCUT2D eigenvalue weighted by Crippen LogP contribution is 2.22. The molecule has 0 spiro atoms. The standard InChI is InChI=1S/C9H11IN4O2S/c1-13(2)17(15,16)14-8-5-6(10)3-4-7(8)12-9(14)11/h3-5H,1-2H3,(H2,11,12). The lowest BCUT2D eigenvalue weighted by Crippen LogP contribution is -2.29. The fraction of sp³-hybridized carbons (Fsp3) is 0.222. The minimum atomic E-state index is -3.65. The van der Waals surface area contributed by atoms with Crippen LogP contribution in [0.4, 0.5) is 5.95 Å².